The molecule has 0 aliphatic carbocycles. The van der Waals surface area contributed by atoms with Gasteiger partial charge in [-0.25, -0.2) is 0 Å². The molecule has 0 radical (unpaired) electrons. The molecule has 0 bridgehead atoms. The predicted molar refractivity (Wildman–Crippen MR) is 91.3 cm³/mol. The van der Waals surface area contributed by atoms with Crippen LogP contribution >= 0.6 is 0 Å². The molecule has 1 rings (SSSR count). The molecule has 0 heteroatoms. The minimum atomic E-state index is 1.19. The van der Waals surface area contributed by atoms with Gasteiger partial charge in [0.05, 0.1) is 0 Å². The van der Waals surface area contributed by atoms with Crippen LogP contribution in [0.25, 0.3) is 0 Å². The largest absolute Gasteiger partial charge is 0.103 e. The van der Waals surface area contributed by atoms with E-state index in [4.69, 9.17) is 0 Å². The minimum absolute atomic E-state index is 1.19. The quantitative estimate of drug-likeness (QED) is 0.296. The highest BCUT2D eigenvalue weighted by Gasteiger charge is 1.97. The van der Waals surface area contributed by atoms with E-state index in [1.54, 1.807) is 0 Å². The van der Waals surface area contributed by atoms with Gasteiger partial charge in [0, 0.05) is 0 Å². The standard InChI is InChI=1S/C20H32/c1-3-4-5-6-7-8-9-10-11-12-13-17-20-18-15-14-16-19(20)2/h3,14-16,18H,1,4-13,17H2,2H3. The second kappa shape index (κ2) is 11.8. The van der Waals surface area contributed by atoms with Gasteiger partial charge >= 0.3 is 0 Å². The van der Waals surface area contributed by atoms with Crippen LogP contribution in [0.5, 0.6) is 0 Å². The summed E-state index contributed by atoms with van der Waals surface area (Å²) in [5.41, 5.74) is 2.99. The zero-order chi connectivity index (χ0) is 14.5. The Hall–Kier alpha value is -1.04. The van der Waals surface area contributed by atoms with Crippen molar-refractivity contribution in [1.82, 2.24) is 0 Å². The molecule has 112 valence electrons. The van der Waals surface area contributed by atoms with Gasteiger partial charge < -0.3 is 0 Å². The lowest BCUT2D eigenvalue weighted by Gasteiger charge is -2.05. The monoisotopic (exact) mass is 272 g/mol. The van der Waals surface area contributed by atoms with E-state index < -0.39 is 0 Å². The van der Waals surface area contributed by atoms with Crippen LogP contribution in [-0.4, -0.2) is 0 Å². The average molecular weight is 272 g/mol. The third-order valence-electron chi connectivity index (χ3n) is 4.12. The average Bonchev–Trinajstić information content (AvgIpc) is 2.46. The lowest BCUT2D eigenvalue weighted by molar-refractivity contribution is 0.560. The maximum atomic E-state index is 3.76. The molecular weight excluding hydrogens is 240 g/mol. The SMILES string of the molecule is C=CCCCCCCCCCCCc1ccccc1C. The van der Waals surface area contributed by atoms with Gasteiger partial charge in [0.1, 0.15) is 0 Å². The maximum absolute atomic E-state index is 3.76. The molecule has 0 fully saturated rings. The molecule has 0 amide bonds. The summed E-state index contributed by atoms with van der Waals surface area (Å²) in [6, 6.07) is 8.79. The molecular formula is C20H32. The zero-order valence-electron chi connectivity index (χ0n) is 13.4. The van der Waals surface area contributed by atoms with Gasteiger partial charge in [-0.1, -0.05) is 75.3 Å². The van der Waals surface area contributed by atoms with Crippen molar-refractivity contribution >= 4 is 0 Å². The minimum Gasteiger partial charge on any atom is -0.103 e. The summed E-state index contributed by atoms with van der Waals surface area (Å²) in [6.45, 7) is 5.99. The molecule has 0 aliphatic heterocycles. The van der Waals surface area contributed by atoms with E-state index in [1.165, 1.54) is 81.8 Å². The van der Waals surface area contributed by atoms with Crippen LogP contribution in [0.4, 0.5) is 0 Å². The Kier molecular flexibility index (Phi) is 10.0. The molecule has 0 aromatic heterocycles. The second-order valence-corrected chi connectivity index (χ2v) is 5.94. The highest BCUT2D eigenvalue weighted by atomic mass is 14.0. The number of hydrogen-bond acceptors (Lipinski definition) is 0. The van der Waals surface area contributed by atoms with Crippen LogP contribution in [0.1, 0.15) is 75.3 Å². The van der Waals surface area contributed by atoms with Gasteiger partial charge in [-0.15, -0.1) is 6.58 Å². The first-order valence-corrected chi connectivity index (χ1v) is 8.50. The van der Waals surface area contributed by atoms with Crippen LogP contribution in [0.3, 0.4) is 0 Å². The fourth-order valence-electron chi connectivity index (χ4n) is 2.73. The van der Waals surface area contributed by atoms with Gasteiger partial charge in [-0.3, -0.25) is 0 Å². The molecule has 0 heterocycles. The number of allylic oxidation sites excluding steroid dienone is 1. The van der Waals surface area contributed by atoms with Crippen molar-refractivity contribution in [3.8, 4) is 0 Å². The van der Waals surface area contributed by atoms with E-state index in [9.17, 15) is 0 Å². The fraction of sp³-hybridized carbons (Fsp3) is 0.600. The third-order valence-corrected chi connectivity index (χ3v) is 4.12. The van der Waals surface area contributed by atoms with E-state index in [1.807, 2.05) is 6.08 Å². The third kappa shape index (κ3) is 8.19. The highest BCUT2D eigenvalue weighted by Crippen LogP contribution is 2.14. The van der Waals surface area contributed by atoms with E-state index >= 15 is 0 Å². The van der Waals surface area contributed by atoms with Crippen molar-refractivity contribution < 1.29 is 0 Å². The molecule has 0 spiro atoms. The van der Waals surface area contributed by atoms with Gasteiger partial charge in [-0.05, 0) is 43.7 Å². The van der Waals surface area contributed by atoms with Gasteiger partial charge in [0.15, 0.2) is 0 Å². The smallest absolute Gasteiger partial charge is 0.0276 e. The van der Waals surface area contributed by atoms with Gasteiger partial charge in [0.2, 0.25) is 0 Å². The van der Waals surface area contributed by atoms with Crippen molar-refractivity contribution in [3.63, 3.8) is 0 Å². The normalized spacial score (nSPS) is 10.7. The first kappa shape index (κ1) is 17.0. The van der Waals surface area contributed by atoms with Crippen molar-refractivity contribution in [1.29, 1.82) is 0 Å². The van der Waals surface area contributed by atoms with Crippen molar-refractivity contribution in [2.24, 2.45) is 0 Å². The van der Waals surface area contributed by atoms with E-state index in [2.05, 4.69) is 37.8 Å². The summed E-state index contributed by atoms with van der Waals surface area (Å²) in [5.74, 6) is 0. The van der Waals surface area contributed by atoms with Crippen molar-refractivity contribution in [2.45, 2.75) is 77.6 Å². The second-order valence-electron chi connectivity index (χ2n) is 5.94. The topological polar surface area (TPSA) is 0 Å². The highest BCUT2D eigenvalue weighted by molar-refractivity contribution is 5.25. The first-order valence-electron chi connectivity index (χ1n) is 8.50. The lowest BCUT2D eigenvalue weighted by Crippen LogP contribution is -1.89. The molecule has 0 N–H and O–H groups in total. The Balaban J connectivity index is 1.88. The van der Waals surface area contributed by atoms with Crippen LogP contribution in [-0.2, 0) is 6.42 Å². The number of unbranched alkanes of at least 4 members (excludes halogenated alkanes) is 9. The van der Waals surface area contributed by atoms with E-state index in [0.717, 1.165) is 0 Å². The van der Waals surface area contributed by atoms with Crippen LogP contribution in [0.2, 0.25) is 0 Å². The fourth-order valence-corrected chi connectivity index (χ4v) is 2.73. The molecule has 0 atom stereocenters. The summed E-state index contributed by atoms with van der Waals surface area (Å²) in [4.78, 5) is 0. The Labute approximate surface area is 126 Å². The van der Waals surface area contributed by atoms with Crippen molar-refractivity contribution in [3.05, 3.63) is 48.0 Å². The Morgan fingerprint density at radius 2 is 1.35 bits per heavy atom. The number of rotatable bonds is 12. The van der Waals surface area contributed by atoms with E-state index in [0.29, 0.717) is 0 Å². The molecule has 0 nitrogen and oxygen atoms in total. The number of hydrogen-bond donors (Lipinski definition) is 0. The summed E-state index contributed by atoms with van der Waals surface area (Å²) >= 11 is 0. The first-order chi connectivity index (χ1) is 9.84. The predicted octanol–water partition coefficient (Wildman–Crippen LogP) is 6.62. The number of aryl methyl sites for hydroxylation is 2. The Bertz CT molecular complexity index is 351. The lowest BCUT2D eigenvalue weighted by atomic mass is 10.0. The molecule has 0 saturated carbocycles. The Morgan fingerprint density at radius 3 is 1.95 bits per heavy atom. The number of benzene rings is 1. The summed E-state index contributed by atoms with van der Waals surface area (Å²) in [6.07, 6.45) is 17.1. The van der Waals surface area contributed by atoms with E-state index in [-0.39, 0.29) is 0 Å². The maximum Gasteiger partial charge on any atom is -0.0276 e. The molecule has 20 heavy (non-hydrogen) atoms. The summed E-state index contributed by atoms with van der Waals surface area (Å²) in [5, 5.41) is 0. The molecule has 1 aromatic rings. The molecule has 0 aliphatic rings. The van der Waals surface area contributed by atoms with Crippen LogP contribution in [0.15, 0.2) is 36.9 Å². The van der Waals surface area contributed by atoms with Crippen LogP contribution < -0.4 is 0 Å². The molecule has 0 saturated heterocycles. The summed E-state index contributed by atoms with van der Waals surface area (Å²) in [7, 11) is 0. The van der Waals surface area contributed by atoms with Crippen LogP contribution in [0, 0.1) is 6.92 Å². The van der Waals surface area contributed by atoms with Crippen molar-refractivity contribution in [2.75, 3.05) is 0 Å². The molecule has 0 unspecified atom stereocenters. The summed E-state index contributed by atoms with van der Waals surface area (Å²) < 4.78 is 0. The zero-order valence-corrected chi connectivity index (χ0v) is 13.4. The molecule has 1 aromatic carbocycles. The van der Waals surface area contributed by atoms with Gasteiger partial charge in [0.25, 0.3) is 0 Å². The van der Waals surface area contributed by atoms with Gasteiger partial charge in [-0.2, -0.15) is 0 Å². The Morgan fingerprint density at radius 1 is 0.800 bits per heavy atom.